The Morgan fingerprint density at radius 2 is 2.08 bits per heavy atom. The highest BCUT2D eigenvalue weighted by atomic mass is 19.1. The van der Waals surface area contributed by atoms with Gasteiger partial charge in [0.15, 0.2) is 0 Å². The zero-order chi connectivity index (χ0) is 25.4. The highest BCUT2D eigenvalue weighted by Gasteiger charge is 2.32. The highest BCUT2D eigenvalue weighted by molar-refractivity contribution is 6.09. The fraction of sp³-hybridized carbons (Fsp3) is 0.440. The Hall–Kier alpha value is -3.57. The van der Waals surface area contributed by atoms with Crippen molar-refractivity contribution in [1.29, 1.82) is 0 Å². The third-order valence-electron chi connectivity index (χ3n) is 6.75. The smallest absolute Gasteiger partial charge is 0.255 e. The van der Waals surface area contributed by atoms with E-state index in [9.17, 15) is 19.1 Å². The average molecular weight is 498 g/mol. The molecule has 1 aromatic carbocycles. The number of aromatic amines is 1. The van der Waals surface area contributed by atoms with Crippen molar-refractivity contribution in [3.05, 3.63) is 41.6 Å². The summed E-state index contributed by atoms with van der Waals surface area (Å²) < 4.78 is 20.2. The van der Waals surface area contributed by atoms with Gasteiger partial charge >= 0.3 is 0 Å². The number of aromatic nitrogens is 3. The van der Waals surface area contributed by atoms with Crippen LogP contribution < -0.4 is 10.1 Å². The topological polar surface area (TPSA) is 141 Å². The van der Waals surface area contributed by atoms with Crippen LogP contribution in [0.1, 0.15) is 35.3 Å². The maximum atomic E-state index is 14.2. The number of benzene rings is 1. The molecule has 11 heteroatoms. The number of hydrogen-bond donors (Lipinski definition) is 4. The number of aliphatic hydroxyl groups excluding tert-OH is 2. The molecule has 2 aromatic heterocycles. The second-order valence-corrected chi connectivity index (χ2v) is 9.40. The lowest BCUT2D eigenvalue weighted by atomic mass is 10.0. The second kappa shape index (κ2) is 9.82. The maximum absolute atomic E-state index is 14.2. The molecule has 0 unspecified atom stereocenters. The Kier molecular flexibility index (Phi) is 6.59. The average Bonchev–Trinajstić information content (AvgIpc) is 3.63. The molecule has 1 saturated carbocycles. The Balaban J connectivity index is 1.42. The number of nitrogens with one attached hydrogen (secondary N) is 2. The number of piperidine rings is 1. The number of hydrogen-bond acceptors (Lipinski definition) is 7. The standard InChI is InChI=1S/C25H28FN5O5/c1-13-21(25(35)30-17-6-7-31(9-18(17)33)20(34)10-32)23-24(29-13)22(27-12-28-23)16-8-15(26)4-5-19(16)36-11-14-2-3-14/h4-5,8,12,14,17-18,29,32-33H,2-3,6-7,9-11H2,1H3,(H,30,35)/t17-,18+/m1/s1. The number of β-amino-alcohol motifs (C(OH)–C–C–N with tert-alkyl or cyclic N) is 1. The quantitative estimate of drug-likeness (QED) is 0.388. The molecule has 2 aliphatic rings. The van der Waals surface area contributed by atoms with Gasteiger partial charge in [0.25, 0.3) is 5.91 Å². The number of rotatable bonds is 7. The van der Waals surface area contributed by atoms with Crippen LogP contribution in [0.4, 0.5) is 4.39 Å². The van der Waals surface area contributed by atoms with Crippen molar-refractivity contribution >= 4 is 22.8 Å². The summed E-state index contributed by atoms with van der Waals surface area (Å²) >= 11 is 0. The molecule has 0 radical (unpaired) electrons. The van der Waals surface area contributed by atoms with Gasteiger partial charge in [-0.1, -0.05) is 0 Å². The molecule has 2 amide bonds. The Labute approximate surface area is 206 Å². The summed E-state index contributed by atoms with van der Waals surface area (Å²) in [5, 5.41) is 22.4. The van der Waals surface area contributed by atoms with Crippen LogP contribution in [0.15, 0.2) is 24.5 Å². The molecular formula is C25H28FN5O5. The molecule has 1 saturated heterocycles. The number of amides is 2. The summed E-state index contributed by atoms with van der Waals surface area (Å²) in [5.41, 5.74) is 2.58. The van der Waals surface area contributed by atoms with Gasteiger partial charge in [0.2, 0.25) is 5.91 Å². The molecule has 3 aromatic rings. The van der Waals surface area contributed by atoms with Crippen molar-refractivity contribution in [1.82, 2.24) is 25.2 Å². The van der Waals surface area contributed by atoms with Crippen LogP contribution in [-0.2, 0) is 4.79 Å². The molecule has 0 spiro atoms. The van der Waals surface area contributed by atoms with Crippen molar-refractivity contribution in [2.24, 2.45) is 5.92 Å². The van der Waals surface area contributed by atoms with E-state index in [0.29, 0.717) is 64.8 Å². The van der Waals surface area contributed by atoms with Crippen LogP contribution in [0.25, 0.3) is 22.3 Å². The van der Waals surface area contributed by atoms with Crippen molar-refractivity contribution in [3.8, 4) is 17.0 Å². The number of aryl methyl sites for hydroxylation is 1. The van der Waals surface area contributed by atoms with E-state index >= 15 is 0 Å². The largest absolute Gasteiger partial charge is 0.493 e. The van der Waals surface area contributed by atoms with Gasteiger partial charge in [-0.3, -0.25) is 9.59 Å². The van der Waals surface area contributed by atoms with E-state index in [0.717, 1.165) is 12.8 Å². The van der Waals surface area contributed by atoms with Crippen LogP contribution in [-0.4, -0.2) is 80.3 Å². The predicted molar refractivity (Wildman–Crippen MR) is 128 cm³/mol. The van der Waals surface area contributed by atoms with Gasteiger partial charge < -0.3 is 30.2 Å². The molecule has 1 aliphatic heterocycles. The number of fused-ring (bicyclic) bond motifs is 1. The third-order valence-corrected chi connectivity index (χ3v) is 6.75. The van der Waals surface area contributed by atoms with Crippen molar-refractivity contribution in [2.75, 3.05) is 26.3 Å². The fourth-order valence-electron chi connectivity index (χ4n) is 4.58. The lowest BCUT2D eigenvalue weighted by Gasteiger charge is -2.36. The first-order valence-corrected chi connectivity index (χ1v) is 12.0. The van der Waals surface area contributed by atoms with E-state index in [4.69, 9.17) is 9.84 Å². The molecule has 190 valence electrons. The zero-order valence-electron chi connectivity index (χ0n) is 19.8. The summed E-state index contributed by atoms with van der Waals surface area (Å²) in [5.74, 6) is -0.307. The van der Waals surface area contributed by atoms with E-state index in [1.807, 2.05) is 0 Å². The molecule has 3 heterocycles. The number of likely N-dealkylation sites (tertiary alicyclic amines) is 1. The van der Waals surface area contributed by atoms with Gasteiger partial charge in [-0.25, -0.2) is 14.4 Å². The number of carbonyl (C=O) groups is 2. The third kappa shape index (κ3) is 4.76. The lowest BCUT2D eigenvalue weighted by Crippen LogP contribution is -2.55. The summed E-state index contributed by atoms with van der Waals surface area (Å²) in [4.78, 5) is 38.2. The van der Waals surface area contributed by atoms with Crippen molar-refractivity contribution in [2.45, 2.75) is 38.3 Å². The van der Waals surface area contributed by atoms with Crippen LogP contribution in [0.3, 0.4) is 0 Å². The molecule has 1 aliphatic carbocycles. The van der Waals surface area contributed by atoms with Crippen LogP contribution in [0.5, 0.6) is 5.75 Å². The van der Waals surface area contributed by atoms with E-state index in [2.05, 4.69) is 20.3 Å². The second-order valence-electron chi connectivity index (χ2n) is 9.40. The number of aliphatic hydroxyl groups is 2. The van der Waals surface area contributed by atoms with Gasteiger partial charge in [0.05, 0.1) is 29.8 Å². The van der Waals surface area contributed by atoms with Gasteiger partial charge in [-0.2, -0.15) is 0 Å². The maximum Gasteiger partial charge on any atom is 0.255 e. The van der Waals surface area contributed by atoms with Crippen molar-refractivity contribution < 1.29 is 28.9 Å². The van der Waals surface area contributed by atoms with Crippen LogP contribution >= 0.6 is 0 Å². The van der Waals surface area contributed by atoms with E-state index < -0.39 is 36.4 Å². The molecule has 5 rings (SSSR count). The molecule has 4 N–H and O–H groups in total. The normalized spacial score (nSPS) is 19.9. The fourth-order valence-corrected chi connectivity index (χ4v) is 4.58. The number of carbonyl (C=O) groups excluding carboxylic acids is 2. The molecule has 2 fully saturated rings. The van der Waals surface area contributed by atoms with Crippen LogP contribution in [0.2, 0.25) is 0 Å². The SMILES string of the molecule is Cc1[nH]c2c(-c3cc(F)ccc3OCC3CC3)ncnc2c1C(=O)N[C@@H]1CCN(C(=O)CO)C[C@@H]1O. The Bertz CT molecular complexity index is 1310. The number of halogens is 1. The first kappa shape index (κ1) is 24.1. The van der Waals surface area contributed by atoms with Gasteiger partial charge in [-0.05, 0) is 50.3 Å². The zero-order valence-corrected chi connectivity index (χ0v) is 19.8. The van der Waals surface area contributed by atoms with Gasteiger partial charge in [0, 0.05) is 24.3 Å². The van der Waals surface area contributed by atoms with E-state index in [1.54, 1.807) is 13.0 Å². The number of H-pyrrole nitrogens is 1. The molecular weight excluding hydrogens is 469 g/mol. The Morgan fingerprint density at radius 1 is 1.28 bits per heavy atom. The van der Waals surface area contributed by atoms with Gasteiger partial charge in [-0.15, -0.1) is 0 Å². The highest BCUT2D eigenvalue weighted by Crippen LogP contribution is 2.36. The summed E-state index contributed by atoms with van der Waals surface area (Å²) in [7, 11) is 0. The number of ether oxygens (including phenoxy) is 1. The molecule has 2 atom stereocenters. The van der Waals surface area contributed by atoms with Gasteiger partial charge in [0.1, 0.15) is 35.7 Å². The first-order valence-electron chi connectivity index (χ1n) is 12.0. The van der Waals surface area contributed by atoms with E-state index in [1.165, 1.54) is 23.4 Å². The first-order chi connectivity index (χ1) is 17.4. The summed E-state index contributed by atoms with van der Waals surface area (Å²) in [6.45, 7) is 1.99. The summed E-state index contributed by atoms with van der Waals surface area (Å²) in [6, 6.07) is 3.71. The minimum atomic E-state index is -0.979. The lowest BCUT2D eigenvalue weighted by molar-refractivity contribution is -0.137. The minimum Gasteiger partial charge on any atom is -0.493 e. The Morgan fingerprint density at radius 3 is 2.81 bits per heavy atom. The molecule has 36 heavy (non-hydrogen) atoms. The molecule has 0 bridgehead atoms. The monoisotopic (exact) mass is 497 g/mol. The predicted octanol–water partition coefficient (Wildman–Crippen LogP) is 1.55. The number of nitrogens with zero attached hydrogens (tertiary/aromatic N) is 3. The summed E-state index contributed by atoms with van der Waals surface area (Å²) in [6.07, 6.45) is 2.92. The van der Waals surface area contributed by atoms with Crippen LogP contribution in [0, 0.1) is 18.7 Å². The van der Waals surface area contributed by atoms with E-state index in [-0.39, 0.29) is 6.54 Å². The van der Waals surface area contributed by atoms with Crippen molar-refractivity contribution in [3.63, 3.8) is 0 Å². The minimum absolute atomic E-state index is 0.0206. The molecule has 10 nitrogen and oxygen atoms in total.